The quantitative estimate of drug-likeness (QED) is 0.616. The van der Waals surface area contributed by atoms with E-state index in [0.29, 0.717) is 11.6 Å². The van der Waals surface area contributed by atoms with Crippen LogP contribution in [0.25, 0.3) is 0 Å². The molecule has 0 saturated carbocycles. The zero-order valence-electron chi connectivity index (χ0n) is 18.0. The molecule has 0 aliphatic carbocycles. The van der Waals surface area contributed by atoms with Crippen LogP contribution >= 0.6 is 11.3 Å². The predicted molar refractivity (Wildman–Crippen MR) is 124 cm³/mol. The highest BCUT2D eigenvalue weighted by Crippen LogP contribution is 2.15. The predicted octanol–water partition coefficient (Wildman–Crippen LogP) is 3.48. The first kappa shape index (κ1) is 21.6. The Balaban J connectivity index is 1.25. The van der Waals surface area contributed by atoms with Gasteiger partial charge in [0.2, 0.25) is 5.01 Å². The molecule has 2 aromatic carbocycles. The van der Waals surface area contributed by atoms with Crippen molar-refractivity contribution in [3.05, 3.63) is 81.3 Å². The van der Waals surface area contributed by atoms with Crippen LogP contribution in [-0.2, 0) is 19.6 Å². The highest BCUT2D eigenvalue weighted by atomic mass is 32.1. The average molecular weight is 436 g/mol. The minimum Gasteiger partial charge on any atom is -0.346 e. The van der Waals surface area contributed by atoms with Gasteiger partial charge in [-0.2, -0.15) is 0 Å². The van der Waals surface area contributed by atoms with Gasteiger partial charge in [0, 0.05) is 26.2 Å². The number of carbonyl (C=O) groups is 1. The lowest BCUT2D eigenvalue weighted by Gasteiger charge is -2.21. The van der Waals surface area contributed by atoms with Crippen LogP contribution in [0.15, 0.2) is 54.6 Å². The molecule has 0 atom stereocenters. The van der Waals surface area contributed by atoms with Crippen molar-refractivity contribution in [1.82, 2.24) is 25.3 Å². The molecule has 0 spiro atoms. The standard InChI is InChI=1S/C24H29N5OS/c1-19-8-10-20(11-9-19)16-25-23(30)24-27-26-22(31-24)18-29-13-5-12-28(14-15-29)17-21-6-3-2-4-7-21/h2-4,6-11H,5,12-18H2,1H3,(H,25,30). The molecular formula is C24H29N5OS. The van der Waals surface area contributed by atoms with Crippen molar-refractivity contribution in [1.29, 1.82) is 0 Å². The molecule has 7 heteroatoms. The summed E-state index contributed by atoms with van der Waals surface area (Å²) in [7, 11) is 0. The van der Waals surface area contributed by atoms with Crippen LogP contribution in [0.5, 0.6) is 0 Å². The Kier molecular flexibility index (Phi) is 7.40. The highest BCUT2D eigenvalue weighted by molar-refractivity contribution is 7.13. The van der Waals surface area contributed by atoms with Crippen molar-refractivity contribution in [2.45, 2.75) is 33.0 Å². The van der Waals surface area contributed by atoms with E-state index in [1.807, 2.05) is 24.3 Å². The van der Waals surface area contributed by atoms with E-state index in [4.69, 9.17) is 0 Å². The van der Waals surface area contributed by atoms with Crippen LogP contribution in [0.2, 0.25) is 0 Å². The molecule has 1 saturated heterocycles. The molecule has 1 aliphatic rings. The molecular weight excluding hydrogens is 406 g/mol. The molecule has 1 amide bonds. The molecule has 2 heterocycles. The lowest BCUT2D eigenvalue weighted by Crippen LogP contribution is -2.30. The molecule has 1 fully saturated rings. The normalized spacial score (nSPS) is 15.5. The highest BCUT2D eigenvalue weighted by Gasteiger charge is 2.18. The molecule has 6 nitrogen and oxygen atoms in total. The Hall–Kier alpha value is -2.61. The maximum Gasteiger partial charge on any atom is 0.282 e. The van der Waals surface area contributed by atoms with Crippen LogP contribution in [0, 0.1) is 6.92 Å². The maximum atomic E-state index is 12.4. The van der Waals surface area contributed by atoms with Crippen LogP contribution in [-0.4, -0.2) is 52.1 Å². The van der Waals surface area contributed by atoms with E-state index >= 15 is 0 Å². The molecule has 31 heavy (non-hydrogen) atoms. The number of nitrogens with zero attached hydrogens (tertiary/aromatic N) is 4. The van der Waals surface area contributed by atoms with Gasteiger partial charge in [-0.1, -0.05) is 71.5 Å². The van der Waals surface area contributed by atoms with Gasteiger partial charge >= 0.3 is 0 Å². The fraction of sp³-hybridized carbons (Fsp3) is 0.375. The van der Waals surface area contributed by atoms with Gasteiger partial charge in [0.25, 0.3) is 5.91 Å². The molecule has 0 bridgehead atoms. The van der Waals surface area contributed by atoms with Crippen LogP contribution < -0.4 is 5.32 Å². The third-order valence-electron chi connectivity index (χ3n) is 5.52. The van der Waals surface area contributed by atoms with Gasteiger partial charge in [-0.25, -0.2) is 0 Å². The molecule has 1 aliphatic heterocycles. The minimum atomic E-state index is -0.158. The maximum absolute atomic E-state index is 12.4. The summed E-state index contributed by atoms with van der Waals surface area (Å²) in [5.41, 5.74) is 3.65. The molecule has 0 unspecified atom stereocenters. The lowest BCUT2D eigenvalue weighted by atomic mass is 10.1. The molecule has 3 aromatic rings. The zero-order chi connectivity index (χ0) is 21.5. The topological polar surface area (TPSA) is 61.4 Å². The van der Waals surface area contributed by atoms with E-state index in [-0.39, 0.29) is 5.91 Å². The summed E-state index contributed by atoms with van der Waals surface area (Å²) in [6.45, 7) is 8.49. The van der Waals surface area contributed by atoms with Gasteiger partial charge in [-0.05, 0) is 37.6 Å². The number of aromatic nitrogens is 2. The van der Waals surface area contributed by atoms with E-state index in [0.717, 1.165) is 56.3 Å². The van der Waals surface area contributed by atoms with Gasteiger partial charge in [0.1, 0.15) is 5.01 Å². The number of rotatable bonds is 7. The smallest absolute Gasteiger partial charge is 0.282 e. The fourth-order valence-corrected chi connectivity index (χ4v) is 4.55. The van der Waals surface area contributed by atoms with Crippen molar-refractivity contribution in [2.75, 3.05) is 26.2 Å². The third kappa shape index (κ3) is 6.43. The van der Waals surface area contributed by atoms with Crippen LogP contribution in [0.3, 0.4) is 0 Å². The van der Waals surface area contributed by atoms with Crippen molar-refractivity contribution < 1.29 is 4.79 Å². The van der Waals surface area contributed by atoms with Crippen LogP contribution in [0.1, 0.15) is 37.9 Å². The minimum absolute atomic E-state index is 0.158. The Labute approximate surface area is 187 Å². The monoisotopic (exact) mass is 435 g/mol. The molecule has 1 N–H and O–H groups in total. The van der Waals surface area contributed by atoms with Gasteiger partial charge < -0.3 is 5.32 Å². The largest absolute Gasteiger partial charge is 0.346 e. The summed E-state index contributed by atoms with van der Waals surface area (Å²) in [4.78, 5) is 17.4. The summed E-state index contributed by atoms with van der Waals surface area (Å²) in [5, 5.41) is 12.7. The number of carbonyl (C=O) groups excluding carboxylic acids is 1. The SMILES string of the molecule is Cc1ccc(CNC(=O)c2nnc(CN3CCCN(Cc4ccccc4)CC3)s2)cc1. The first-order valence-electron chi connectivity index (χ1n) is 10.8. The Morgan fingerprint density at radius 1 is 0.903 bits per heavy atom. The number of aryl methyl sites for hydroxylation is 1. The Morgan fingerprint density at radius 2 is 1.61 bits per heavy atom. The zero-order valence-corrected chi connectivity index (χ0v) is 18.8. The van der Waals surface area contributed by atoms with Crippen LogP contribution in [0.4, 0.5) is 0 Å². The average Bonchev–Trinajstić information content (AvgIpc) is 3.15. The van der Waals surface area contributed by atoms with Gasteiger partial charge in [-0.3, -0.25) is 14.6 Å². The summed E-state index contributed by atoms with van der Waals surface area (Å²) in [5.74, 6) is -0.158. The van der Waals surface area contributed by atoms with Crippen molar-refractivity contribution >= 4 is 17.2 Å². The fourth-order valence-electron chi connectivity index (χ4n) is 3.75. The first-order chi connectivity index (χ1) is 15.2. The summed E-state index contributed by atoms with van der Waals surface area (Å²) in [6.07, 6.45) is 1.13. The summed E-state index contributed by atoms with van der Waals surface area (Å²) in [6, 6.07) is 18.8. The summed E-state index contributed by atoms with van der Waals surface area (Å²) < 4.78 is 0. The third-order valence-corrected chi connectivity index (χ3v) is 6.43. The van der Waals surface area contributed by atoms with E-state index in [2.05, 4.69) is 62.6 Å². The second kappa shape index (κ2) is 10.6. The summed E-state index contributed by atoms with van der Waals surface area (Å²) >= 11 is 1.39. The lowest BCUT2D eigenvalue weighted by molar-refractivity contribution is 0.0950. The Bertz CT molecular complexity index is 973. The second-order valence-electron chi connectivity index (χ2n) is 8.06. The van der Waals surface area contributed by atoms with E-state index in [1.165, 1.54) is 22.5 Å². The molecule has 1 aromatic heterocycles. The number of hydrogen-bond acceptors (Lipinski definition) is 6. The van der Waals surface area contributed by atoms with Crippen molar-refractivity contribution in [2.24, 2.45) is 0 Å². The number of hydrogen-bond donors (Lipinski definition) is 1. The van der Waals surface area contributed by atoms with E-state index in [9.17, 15) is 4.79 Å². The Morgan fingerprint density at radius 3 is 2.35 bits per heavy atom. The second-order valence-corrected chi connectivity index (χ2v) is 9.12. The number of nitrogens with one attached hydrogen (secondary N) is 1. The van der Waals surface area contributed by atoms with Gasteiger partial charge in [0.15, 0.2) is 0 Å². The van der Waals surface area contributed by atoms with Crippen molar-refractivity contribution in [3.8, 4) is 0 Å². The van der Waals surface area contributed by atoms with Gasteiger partial charge in [-0.15, -0.1) is 10.2 Å². The molecule has 4 rings (SSSR count). The number of benzene rings is 2. The number of amides is 1. The molecule has 0 radical (unpaired) electrons. The van der Waals surface area contributed by atoms with Crippen molar-refractivity contribution in [3.63, 3.8) is 0 Å². The van der Waals surface area contributed by atoms with E-state index < -0.39 is 0 Å². The van der Waals surface area contributed by atoms with E-state index in [1.54, 1.807) is 0 Å². The molecule has 162 valence electrons. The van der Waals surface area contributed by atoms with Gasteiger partial charge in [0.05, 0.1) is 6.54 Å². The first-order valence-corrected chi connectivity index (χ1v) is 11.6.